The lowest BCUT2D eigenvalue weighted by Crippen LogP contribution is -2.21. The average molecular weight is 376 g/mol. The maximum Gasteiger partial charge on any atom is 0.310 e. The Morgan fingerprint density at radius 1 is 1.04 bits per heavy atom. The molecule has 0 radical (unpaired) electrons. The number of anilines is 1. The predicted octanol–water partition coefficient (Wildman–Crippen LogP) is 3.79. The van der Waals surface area contributed by atoms with E-state index in [1.807, 2.05) is 44.2 Å². The van der Waals surface area contributed by atoms with Gasteiger partial charge in [0.25, 0.3) is 5.91 Å². The summed E-state index contributed by atoms with van der Waals surface area (Å²) in [7, 11) is 0. The Balaban J connectivity index is 1.80. The first kappa shape index (κ1) is 17.2. The third-order valence-corrected chi connectivity index (χ3v) is 3.94. The Morgan fingerprint density at radius 2 is 1.74 bits per heavy atom. The van der Waals surface area contributed by atoms with Crippen LogP contribution >= 0.6 is 15.9 Å². The lowest BCUT2D eigenvalue weighted by molar-refractivity contribution is -0.146. The summed E-state index contributed by atoms with van der Waals surface area (Å²) in [4.78, 5) is 23.6. The zero-order chi connectivity index (χ0) is 16.8. The van der Waals surface area contributed by atoms with Crippen molar-refractivity contribution in [1.82, 2.24) is 0 Å². The number of hydrogen-bond acceptors (Lipinski definition) is 3. The van der Waals surface area contributed by atoms with Crippen LogP contribution in [0.3, 0.4) is 0 Å². The highest BCUT2D eigenvalue weighted by Gasteiger charge is 2.09. The van der Waals surface area contributed by atoms with E-state index in [2.05, 4.69) is 21.2 Å². The van der Waals surface area contributed by atoms with Crippen LogP contribution in [0.5, 0.6) is 0 Å². The lowest BCUT2D eigenvalue weighted by Gasteiger charge is -2.08. The summed E-state index contributed by atoms with van der Waals surface area (Å²) in [6.45, 7) is 3.72. The third kappa shape index (κ3) is 5.53. The van der Waals surface area contributed by atoms with Gasteiger partial charge in [0.1, 0.15) is 0 Å². The second kappa shape index (κ2) is 7.92. The van der Waals surface area contributed by atoms with E-state index in [0.29, 0.717) is 5.69 Å². The predicted molar refractivity (Wildman–Crippen MR) is 93.4 cm³/mol. The number of rotatable bonds is 5. The number of esters is 1. The first-order chi connectivity index (χ1) is 10.9. The minimum atomic E-state index is -0.417. The summed E-state index contributed by atoms with van der Waals surface area (Å²) in [5.74, 6) is -0.778. The quantitative estimate of drug-likeness (QED) is 0.808. The number of halogens is 1. The number of nitrogens with one attached hydrogen (secondary N) is 1. The zero-order valence-corrected chi connectivity index (χ0v) is 14.6. The molecule has 0 heterocycles. The van der Waals surface area contributed by atoms with Gasteiger partial charge in [0, 0.05) is 10.2 Å². The molecule has 0 spiro atoms. The van der Waals surface area contributed by atoms with E-state index in [0.717, 1.165) is 15.6 Å². The lowest BCUT2D eigenvalue weighted by atomic mass is 10.0. The zero-order valence-electron chi connectivity index (χ0n) is 13.1. The fraction of sp³-hybridized carbons (Fsp3) is 0.222. The van der Waals surface area contributed by atoms with Gasteiger partial charge in [0.15, 0.2) is 6.61 Å². The standard InChI is InChI=1S/C18H18BrNO3/c1-12-3-4-14(9-13(12)2)10-18(22)23-11-17(21)20-16-7-5-15(19)6-8-16/h3-9H,10-11H2,1-2H3,(H,20,21). The van der Waals surface area contributed by atoms with Crippen LogP contribution in [0.25, 0.3) is 0 Å². The number of amides is 1. The van der Waals surface area contributed by atoms with Crippen molar-refractivity contribution in [2.45, 2.75) is 20.3 Å². The molecule has 120 valence electrons. The largest absolute Gasteiger partial charge is 0.455 e. The SMILES string of the molecule is Cc1ccc(CC(=O)OCC(=O)Nc2ccc(Br)cc2)cc1C. The van der Waals surface area contributed by atoms with Gasteiger partial charge in [-0.15, -0.1) is 0 Å². The molecular formula is C18H18BrNO3. The topological polar surface area (TPSA) is 55.4 Å². The van der Waals surface area contributed by atoms with Crippen molar-refractivity contribution in [3.05, 3.63) is 63.6 Å². The Labute approximate surface area is 144 Å². The molecule has 0 aliphatic heterocycles. The molecule has 0 aromatic heterocycles. The molecule has 0 aliphatic rings. The van der Waals surface area contributed by atoms with Crippen LogP contribution in [0.1, 0.15) is 16.7 Å². The van der Waals surface area contributed by atoms with Gasteiger partial charge in [0.05, 0.1) is 6.42 Å². The molecule has 0 aliphatic carbocycles. The summed E-state index contributed by atoms with van der Waals surface area (Å²) in [5.41, 5.74) is 3.84. The third-order valence-electron chi connectivity index (χ3n) is 3.41. The average Bonchev–Trinajstić information content (AvgIpc) is 2.51. The van der Waals surface area contributed by atoms with Gasteiger partial charge in [-0.05, 0) is 54.8 Å². The maximum absolute atomic E-state index is 11.8. The Kier molecular flexibility index (Phi) is 5.93. The summed E-state index contributed by atoms with van der Waals surface area (Å²) in [5, 5.41) is 2.67. The van der Waals surface area contributed by atoms with Gasteiger partial charge in [-0.25, -0.2) is 0 Å². The van der Waals surface area contributed by atoms with Crippen LogP contribution in [-0.2, 0) is 20.7 Å². The number of hydrogen-bond donors (Lipinski definition) is 1. The molecule has 0 saturated heterocycles. The molecule has 5 heteroatoms. The van der Waals surface area contributed by atoms with Crippen LogP contribution in [0, 0.1) is 13.8 Å². The molecular weight excluding hydrogens is 358 g/mol. The summed E-state index contributed by atoms with van der Waals surface area (Å²) in [6.07, 6.45) is 0.159. The van der Waals surface area contributed by atoms with Crippen LogP contribution in [0.4, 0.5) is 5.69 Å². The molecule has 2 rings (SSSR count). The fourth-order valence-electron chi connectivity index (χ4n) is 2.01. The Hall–Kier alpha value is -2.14. The van der Waals surface area contributed by atoms with Crippen LogP contribution in [0.2, 0.25) is 0 Å². The van der Waals surface area contributed by atoms with Gasteiger partial charge < -0.3 is 10.1 Å². The van der Waals surface area contributed by atoms with Crippen molar-refractivity contribution in [3.8, 4) is 0 Å². The molecule has 0 atom stereocenters. The van der Waals surface area contributed by atoms with Crippen LogP contribution < -0.4 is 5.32 Å². The fourth-order valence-corrected chi connectivity index (χ4v) is 2.27. The second-order valence-corrected chi connectivity index (χ2v) is 6.23. The van der Waals surface area contributed by atoms with E-state index in [9.17, 15) is 9.59 Å². The summed E-state index contributed by atoms with van der Waals surface area (Å²) < 4.78 is 5.94. The molecule has 1 amide bonds. The van der Waals surface area contributed by atoms with Crippen molar-refractivity contribution in [2.75, 3.05) is 11.9 Å². The number of carbonyl (C=O) groups is 2. The molecule has 0 saturated carbocycles. The van der Waals surface area contributed by atoms with Crippen molar-refractivity contribution >= 4 is 33.5 Å². The minimum Gasteiger partial charge on any atom is -0.455 e. The van der Waals surface area contributed by atoms with Crippen LogP contribution in [-0.4, -0.2) is 18.5 Å². The van der Waals surface area contributed by atoms with Gasteiger partial charge in [-0.2, -0.15) is 0 Å². The van der Waals surface area contributed by atoms with Gasteiger partial charge >= 0.3 is 5.97 Å². The molecule has 0 bridgehead atoms. The van der Waals surface area contributed by atoms with E-state index < -0.39 is 5.97 Å². The van der Waals surface area contributed by atoms with Crippen molar-refractivity contribution in [3.63, 3.8) is 0 Å². The number of ether oxygens (including phenoxy) is 1. The highest BCUT2D eigenvalue weighted by molar-refractivity contribution is 9.10. The Morgan fingerprint density at radius 3 is 2.39 bits per heavy atom. The highest BCUT2D eigenvalue weighted by atomic mass is 79.9. The molecule has 23 heavy (non-hydrogen) atoms. The maximum atomic E-state index is 11.8. The van der Waals surface area contributed by atoms with Gasteiger partial charge in [-0.1, -0.05) is 34.1 Å². The van der Waals surface area contributed by atoms with Gasteiger partial charge in [-0.3, -0.25) is 9.59 Å². The monoisotopic (exact) mass is 375 g/mol. The first-order valence-corrected chi connectivity index (χ1v) is 8.00. The summed E-state index contributed by atoms with van der Waals surface area (Å²) >= 11 is 3.32. The first-order valence-electron chi connectivity index (χ1n) is 7.21. The normalized spacial score (nSPS) is 10.2. The number of benzene rings is 2. The minimum absolute atomic E-state index is 0.159. The smallest absolute Gasteiger partial charge is 0.310 e. The van der Waals surface area contributed by atoms with Crippen molar-refractivity contribution in [2.24, 2.45) is 0 Å². The summed E-state index contributed by atoms with van der Waals surface area (Å²) in [6, 6.07) is 13.0. The molecule has 0 unspecified atom stereocenters. The highest BCUT2D eigenvalue weighted by Crippen LogP contribution is 2.14. The molecule has 1 N–H and O–H groups in total. The van der Waals surface area contributed by atoms with Gasteiger partial charge in [0.2, 0.25) is 0 Å². The molecule has 2 aromatic carbocycles. The molecule has 4 nitrogen and oxygen atoms in total. The van der Waals surface area contributed by atoms with E-state index in [1.54, 1.807) is 12.1 Å². The van der Waals surface area contributed by atoms with Crippen LogP contribution in [0.15, 0.2) is 46.9 Å². The molecule has 0 fully saturated rings. The molecule has 2 aromatic rings. The second-order valence-electron chi connectivity index (χ2n) is 5.31. The van der Waals surface area contributed by atoms with E-state index in [-0.39, 0.29) is 18.9 Å². The van der Waals surface area contributed by atoms with Crippen molar-refractivity contribution < 1.29 is 14.3 Å². The van der Waals surface area contributed by atoms with E-state index >= 15 is 0 Å². The number of carbonyl (C=O) groups excluding carboxylic acids is 2. The Bertz CT molecular complexity index is 711. The van der Waals surface area contributed by atoms with E-state index in [4.69, 9.17) is 4.74 Å². The van der Waals surface area contributed by atoms with E-state index in [1.165, 1.54) is 5.56 Å². The van der Waals surface area contributed by atoms with Crippen molar-refractivity contribution in [1.29, 1.82) is 0 Å². The number of aryl methyl sites for hydroxylation is 2.